The molecule has 0 amide bonds. The predicted molar refractivity (Wildman–Crippen MR) is 42.0 cm³/mol. The van der Waals surface area contributed by atoms with Gasteiger partial charge < -0.3 is 4.74 Å². The van der Waals surface area contributed by atoms with Crippen LogP contribution in [0.15, 0.2) is 31.2 Å². The predicted octanol–water partition coefficient (Wildman–Crippen LogP) is 1.35. The monoisotopic (exact) mass is 150 g/mol. The summed E-state index contributed by atoms with van der Waals surface area (Å²) in [5, 5.41) is 0. The van der Waals surface area contributed by atoms with Gasteiger partial charge in [-0.1, -0.05) is 6.08 Å². The number of nitrogens with zero attached hydrogens (tertiary/aromatic N) is 2. The third-order valence-electron chi connectivity index (χ3n) is 1.34. The molecule has 0 aliphatic heterocycles. The topological polar surface area (TPSA) is 35.0 Å². The lowest BCUT2D eigenvalue weighted by Gasteiger charge is -2.07. The van der Waals surface area contributed by atoms with Crippen LogP contribution in [0.3, 0.4) is 0 Å². The van der Waals surface area contributed by atoms with Gasteiger partial charge in [0.15, 0.2) is 0 Å². The number of hydrogen-bond acceptors (Lipinski definition) is 3. The van der Waals surface area contributed by atoms with Gasteiger partial charge in [0.25, 0.3) is 0 Å². The Morgan fingerprint density at radius 2 is 2.45 bits per heavy atom. The average Bonchev–Trinajstić information content (AvgIpc) is 2.09. The van der Waals surface area contributed by atoms with Gasteiger partial charge in [0, 0.05) is 19.5 Å². The van der Waals surface area contributed by atoms with E-state index in [2.05, 4.69) is 16.5 Å². The first-order chi connectivity index (χ1) is 5.38. The van der Waals surface area contributed by atoms with Crippen LogP contribution in [-0.2, 0) is 4.74 Å². The first-order valence-electron chi connectivity index (χ1n) is 3.29. The Kier molecular flexibility index (Phi) is 2.74. The number of ether oxygens (including phenoxy) is 1. The fourth-order valence-electron chi connectivity index (χ4n) is 0.795. The second kappa shape index (κ2) is 3.83. The molecule has 58 valence electrons. The minimum atomic E-state index is -0.149. The molecular weight excluding hydrogens is 140 g/mol. The second-order valence-corrected chi connectivity index (χ2v) is 2.02. The maximum atomic E-state index is 5.06. The smallest absolute Gasteiger partial charge is 0.118 e. The van der Waals surface area contributed by atoms with Gasteiger partial charge in [-0.05, 0) is 0 Å². The Hall–Kier alpha value is -1.22. The molecule has 0 saturated heterocycles. The van der Waals surface area contributed by atoms with E-state index in [1.807, 2.05) is 0 Å². The van der Waals surface area contributed by atoms with Gasteiger partial charge in [0.05, 0.1) is 11.9 Å². The van der Waals surface area contributed by atoms with Crippen LogP contribution in [0.1, 0.15) is 11.8 Å². The zero-order valence-electron chi connectivity index (χ0n) is 6.40. The molecule has 1 aromatic heterocycles. The summed E-state index contributed by atoms with van der Waals surface area (Å²) in [5.41, 5.74) is 0.782. The van der Waals surface area contributed by atoms with Crippen molar-refractivity contribution >= 4 is 0 Å². The molecule has 11 heavy (non-hydrogen) atoms. The highest BCUT2D eigenvalue weighted by molar-refractivity contribution is 5.05. The van der Waals surface area contributed by atoms with Crippen LogP contribution in [0.25, 0.3) is 0 Å². The Morgan fingerprint density at radius 3 is 2.91 bits per heavy atom. The van der Waals surface area contributed by atoms with Gasteiger partial charge in [-0.25, -0.2) is 0 Å². The summed E-state index contributed by atoms with van der Waals surface area (Å²) in [6.45, 7) is 3.62. The van der Waals surface area contributed by atoms with Crippen LogP contribution in [0.2, 0.25) is 0 Å². The molecule has 1 unspecified atom stereocenters. The van der Waals surface area contributed by atoms with E-state index >= 15 is 0 Å². The summed E-state index contributed by atoms with van der Waals surface area (Å²) in [7, 11) is 1.61. The molecule has 1 rings (SSSR count). The van der Waals surface area contributed by atoms with Gasteiger partial charge in [0.2, 0.25) is 0 Å². The molecule has 0 aliphatic rings. The van der Waals surface area contributed by atoms with Crippen molar-refractivity contribution < 1.29 is 4.74 Å². The Labute approximate surface area is 65.8 Å². The molecule has 0 aliphatic carbocycles. The van der Waals surface area contributed by atoms with Crippen LogP contribution >= 0.6 is 0 Å². The van der Waals surface area contributed by atoms with Crippen LogP contribution in [0.4, 0.5) is 0 Å². The highest BCUT2D eigenvalue weighted by atomic mass is 16.5. The van der Waals surface area contributed by atoms with E-state index in [-0.39, 0.29) is 6.10 Å². The third kappa shape index (κ3) is 1.85. The molecule has 0 saturated carbocycles. The number of hydrogen-bond donors (Lipinski definition) is 0. The molecule has 0 spiro atoms. The molecule has 1 heterocycles. The third-order valence-corrected chi connectivity index (χ3v) is 1.34. The van der Waals surface area contributed by atoms with Crippen molar-refractivity contribution in [3.63, 3.8) is 0 Å². The summed E-state index contributed by atoms with van der Waals surface area (Å²) in [4.78, 5) is 7.97. The molecule has 0 aromatic carbocycles. The number of methoxy groups -OCH3 is 1. The van der Waals surface area contributed by atoms with Crippen LogP contribution in [-0.4, -0.2) is 17.1 Å². The Bertz CT molecular complexity index is 223. The molecule has 0 radical (unpaired) electrons. The summed E-state index contributed by atoms with van der Waals surface area (Å²) < 4.78 is 5.06. The molecule has 0 bridgehead atoms. The van der Waals surface area contributed by atoms with E-state index in [1.165, 1.54) is 0 Å². The van der Waals surface area contributed by atoms with E-state index in [4.69, 9.17) is 4.74 Å². The molecule has 3 heteroatoms. The highest BCUT2D eigenvalue weighted by Gasteiger charge is 2.05. The van der Waals surface area contributed by atoms with Crippen LogP contribution in [0, 0.1) is 0 Å². The Balaban J connectivity index is 2.82. The summed E-state index contributed by atoms with van der Waals surface area (Å²) in [5.74, 6) is 0. The lowest BCUT2D eigenvalue weighted by molar-refractivity contribution is 0.139. The van der Waals surface area contributed by atoms with E-state index in [0.717, 1.165) is 5.69 Å². The van der Waals surface area contributed by atoms with Gasteiger partial charge >= 0.3 is 0 Å². The first-order valence-corrected chi connectivity index (χ1v) is 3.29. The fourth-order valence-corrected chi connectivity index (χ4v) is 0.795. The van der Waals surface area contributed by atoms with Gasteiger partial charge in [0.1, 0.15) is 6.10 Å². The lowest BCUT2D eigenvalue weighted by atomic mass is 10.2. The average molecular weight is 150 g/mol. The largest absolute Gasteiger partial charge is 0.371 e. The summed E-state index contributed by atoms with van der Waals surface area (Å²) in [6, 6.07) is 0. The van der Waals surface area contributed by atoms with E-state index in [1.54, 1.807) is 31.8 Å². The van der Waals surface area contributed by atoms with Crippen molar-refractivity contribution in [3.05, 3.63) is 36.9 Å². The fraction of sp³-hybridized carbons (Fsp3) is 0.250. The normalized spacial score (nSPS) is 12.5. The van der Waals surface area contributed by atoms with Crippen molar-refractivity contribution in [2.24, 2.45) is 0 Å². The SMILES string of the molecule is C=CC(OC)c1cnccn1. The minimum Gasteiger partial charge on any atom is -0.371 e. The summed E-state index contributed by atoms with van der Waals surface area (Å²) in [6.07, 6.45) is 6.45. The number of aromatic nitrogens is 2. The molecule has 1 aromatic rings. The van der Waals surface area contributed by atoms with Crippen molar-refractivity contribution in [1.29, 1.82) is 0 Å². The minimum absolute atomic E-state index is 0.149. The second-order valence-electron chi connectivity index (χ2n) is 2.02. The van der Waals surface area contributed by atoms with Crippen molar-refractivity contribution in [1.82, 2.24) is 9.97 Å². The van der Waals surface area contributed by atoms with Crippen molar-refractivity contribution in [3.8, 4) is 0 Å². The zero-order chi connectivity index (χ0) is 8.10. The first kappa shape index (κ1) is 7.88. The maximum absolute atomic E-state index is 5.06. The van der Waals surface area contributed by atoms with Gasteiger partial charge in [-0.15, -0.1) is 6.58 Å². The molecule has 0 fully saturated rings. The van der Waals surface area contributed by atoms with E-state index in [9.17, 15) is 0 Å². The molecule has 1 atom stereocenters. The van der Waals surface area contributed by atoms with E-state index < -0.39 is 0 Å². The molecular formula is C8H10N2O. The molecule has 3 nitrogen and oxygen atoms in total. The maximum Gasteiger partial charge on any atom is 0.118 e. The van der Waals surface area contributed by atoms with Crippen molar-refractivity contribution in [2.75, 3.05) is 7.11 Å². The van der Waals surface area contributed by atoms with Crippen LogP contribution < -0.4 is 0 Å². The number of rotatable bonds is 3. The van der Waals surface area contributed by atoms with Gasteiger partial charge in [-0.3, -0.25) is 9.97 Å². The summed E-state index contributed by atoms with van der Waals surface area (Å²) >= 11 is 0. The quantitative estimate of drug-likeness (QED) is 0.610. The highest BCUT2D eigenvalue weighted by Crippen LogP contribution is 2.12. The lowest BCUT2D eigenvalue weighted by Crippen LogP contribution is -2.00. The zero-order valence-corrected chi connectivity index (χ0v) is 6.40. The van der Waals surface area contributed by atoms with Crippen molar-refractivity contribution in [2.45, 2.75) is 6.10 Å². The van der Waals surface area contributed by atoms with E-state index in [0.29, 0.717) is 0 Å². The Morgan fingerprint density at radius 1 is 1.64 bits per heavy atom. The standard InChI is InChI=1S/C8H10N2O/c1-3-8(11-2)7-6-9-4-5-10-7/h3-6,8H,1H2,2H3. The van der Waals surface area contributed by atoms with Gasteiger partial charge in [-0.2, -0.15) is 0 Å². The molecule has 0 N–H and O–H groups in total. The van der Waals surface area contributed by atoms with Crippen LogP contribution in [0.5, 0.6) is 0 Å².